The molecule has 3 aliphatic heterocycles. The fraction of sp³-hybridized carbons (Fsp3) is 0.121. The lowest BCUT2D eigenvalue weighted by Crippen LogP contribution is -2.51. The number of ketones is 1. The summed E-state index contributed by atoms with van der Waals surface area (Å²) in [5, 5.41) is 6.46. The molecule has 0 aliphatic carbocycles. The minimum Gasteiger partial charge on any atom is -0.350 e. The van der Waals surface area contributed by atoms with Gasteiger partial charge in [-0.1, -0.05) is 60.2 Å². The van der Waals surface area contributed by atoms with Crippen molar-refractivity contribution in [3.05, 3.63) is 131 Å². The maximum absolute atomic E-state index is 14.6. The Labute approximate surface area is 240 Å². The van der Waals surface area contributed by atoms with Gasteiger partial charge in [0, 0.05) is 27.6 Å². The number of rotatable bonds is 4. The monoisotopic (exact) mass is 563 g/mol. The lowest BCUT2D eigenvalue weighted by molar-refractivity contribution is -0.122. The van der Waals surface area contributed by atoms with Crippen LogP contribution in [0.2, 0.25) is 5.02 Å². The van der Waals surface area contributed by atoms with E-state index in [2.05, 4.69) is 10.6 Å². The molecule has 1 fully saturated rings. The molecular formula is C33H23ClFN3O3. The van der Waals surface area contributed by atoms with Crippen LogP contribution in [0.5, 0.6) is 0 Å². The maximum Gasteiger partial charge on any atom is 0.247 e. The molecule has 4 aromatic carbocycles. The lowest BCUT2D eigenvalue weighted by atomic mass is 9.64. The zero-order valence-electron chi connectivity index (χ0n) is 21.6. The van der Waals surface area contributed by atoms with E-state index in [0.29, 0.717) is 22.0 Å². The standard InChI is InChI=1S/C33H23ClFN3O3/c34-21-12-16-23(17-13-21)36-31(40)29-28(30(39)20-9-14-22(35)15-10-20)33(24-6-2-3-7-25(24)37-32(33)41)27-18-11-19-5-1-4-8-26(19)38(27)29/h1-18,27-29H,(H,36,40)(H,37,41)/t27?,28-,29+,33+/m0/s1. The Morgan fingerprint density at radius 2 is 1.61 bits per heavy atom. The highest BCUT2D eigenvalue weighted by molar-refractivity contribution is 6.30. The average Bonchev–Trinajstić information content (AvgIpc) is 3.47. The molecule has 3 aliphatic rings. The third kappa shape index (κ3) is 3.73. The molecule has 2 N–H and O–H groups in total. The molecule has 1 spiro atoms. The Hall–Kier alpha value is -4.75. The lowest BCUT2D eigenvalue weighted by Gasteiger charge is -2.37. The summed E-state index contributed by atoms with van der Waals surface area (Å²) in [7, 11) is 0. The van der Waals surface area contributed by atoms with E-state index in [0.717, 1.165) is 11.3 Å². The normalized spacial score (nSPS) is 23.5. The van der Waals surface area contributed by atoms with E-state index >= 15 is 0 Å². The summed E-state index contributed by atoms with van der Waals surface area (Å²) in [6.07, 6.45) is 3.84. The summed E-state index contributed by atoms with van der Waals surface area (Å²) in [5.41, 5.74) is 2.13. The van der Waals surface area contributed by atoms with Crippen LogP contribution in [0.4, 0.5) is 21.5 Å². The van der Waals surface area contributed by atoms with Crippen LogP contribution in [0, 0.1) is 11.7 Å². The summed E-state index contributed by atoms with van der Waals surface area (Å²) < 4.78 is 13.9. The number of nitrogens with one attached hydrogen (secondary N) is 2. The van der Waals surface area contributed by atoms with E-state index in [9.17, 15) is 18.8 Å². The molecule has 0 bridgehead atoms. The number of hydrogen-bond donors (Lipinski definition) is 2. The number of amides is 2. The van der Waals surface area contributed by atoms with Crippen molar-refractivity contribution in [1.82, 2.24) is 0 Å². The maximum atomic E-state index is 14.6. The van der Waals surface area contributed by atoms with Gasteiger partial charge in [-0.3, -0.25) is 14.4 Å². The molecule has 0 saturated carbocycles. The first-order chi connectivity index (χ1) is 19.9. The molecule has 4 atom stereocenters. The topological polar surface area (TPSA) is 78.5 Å². The van der Waals surface area contributed by atoms with Crippen molar-refractivity contribution in [1.29, 1.82) is 0 Å². The number of hydrogen-bond acceptors (Lipinski definition) is 4. The van der Waals surface area contributed by atoms with Gasteiger partial charge in [0.1, 0.15) is 17.3 Å². The van der Waals surface area contributed by atoms with Gasteiger partial charge in [0.05, 0.1) is 12.0 Å². The third-order valence-corrected chi connectivity index (χ3v) is 8.59. The molecule has 2 amide bonds. The second-order valence-electron chi connectivity index (χ2n) is 10.4. The second kappa shape index (κ2) is 9.42. The third-order valence-electron chi connectivity index (χ3n) is 8.33. The molecule has 6 nitrogen and oxygen atoms in total. The summed E-state index contributed by atoms with van der Waals surface area (Å²) in [5.74, 6) is -2.87. The SMILES string of the molecule is O=C(c1ccc(F)cc1)[C@@H]1[C@H](C(=O)Nc2ccc(Cl)cc2)N2c3ccccc3C=CC2[C@@]12C(=O)Nc1ccccc12. The smallest absolute Gasteiger partial charge is 0.247 e. The average molecular weight is 564 g/mol. The van der Waals surface area contributed by atoms with Gasteiger partial charge < -0.3 is 15.5 Å². The zero-order valence-corrected chi connectivity index (χ0v) is 22.3. The Kier molecular flexibility index (Phi) is 5.80. The molecule has 1 unspecified atom stereocenters. The Balaban J connectivity index is 1.48. The van der Waals surface area contributed by atoms with Crippen LogP contribution < -0.4 is 15.5 Å². The van der Waals surface area contributed by atoms with Gasteiger partial charge >= 0.3 is 0 Å². The predicted octanol–water partition coefficient (Wildman–Crippen LogP) is 6.09. The van der Waals surface area contributed by atoms with Crippen LogP contribution >= 0.6 is 11.6 Å². The first kappa shape index (κ1) is 25.2. The van der Waals surface area contributed by atoms with Gasteiger partial charge in [0.25, 0.3) is 0 Å². The molecule has 41 heavy (non-hydrogen) atoms. The minimum absolute atomic E-state index is 0.217. The van der Waals surface area contributed by atoms with Gasteiger partial charge in [-0.05, 0) is 71.8 Å². The quantitative estimate of drug-likeness (QED) is 0.295. The molecule has 3 heterocycles. The molecule has 0 aromatic heterocycles. The van der Waals surface area contributed by atoms with E-state index in [1.54, 1.807) is 30.3 Å². The molecule has 4 aromatic rings. The number of anilines is 3. The zero-order chi connectivity index (χ0) is 28.3. The Morgan fingerprint density at radius 1 is 0.902 bits per heavy atom. The number of benzene rings is 4. The molecule has 202 valence electrons. The van der Waals surface area contributed by atoms with Crippen molar-refractivity contribution < 1.29 is 18.8 Å². The van der Waals surface area contributed by atoms with Crippen molar-refractivity contribution >= 4 is 52.3 Å². The summed E-state index contributed by atoms with van der Waals surface area (Å²) in [6, 6.07) is 25.0. The van der Waals surface area contributed by atoms with Gasteiger partial charge in [0.2, 0.25) is 11.8 Å². The van der Waals surface area contributed by atoms with E-state index in [4.69, 9.17) is 11.6 Å². The number of carbonyl (C=O) groups is 3. The van der Waals surface area contributed by atoms with Crippen molar-refractivity contribution in [2.75, 3.05) is 15.5 Å². The number of fused-ring (bicyclic) bond motifs is 6. The van der Waals surface area contributed by atoms with Gasteiger partial charge in [-0.25, -0.2) is 4.39 Å². The van der Waals surface area contributed by atoms with Crippen molar-refractivity contribution in [2.45, 2.75) is 17.5 Å². The molecule has 7 rings (SSSR count). The first-order valence-corrected chi connectivity index (χ1v) is 13.6. The highest BCUT2D eigenvalue weighted by Gasteiger charge is 2.70. The van der Waals surface area contributed by atoms with Crippen LogP contribution in [-0.2, 0) is 15.0 Å². The van der Waals surface area contributed by atoms with Crippen LogP contribution in [0.3, 0.4) is 0 Å². The van der Waals surface area contributed by atoms with Crippen LogP contribution in [0.1, 0.15) is 21.5 Å². The first-order valence-electron chi connectivity index (χ1n) is 13.2. The van der Waals surface area contributed by atoms with E-state index < -0.39 is 40.9 Å². The highest BCUT2D eigenvalue weighted by atomic mass is 35.5. The van der Waals surface area contributed by atoms with E-state index in [1.165, 1.54) is 24.3 Å². The van der Waals surface area contributed by atoms with Crippen molar-refractivity contribution in [3.8, 4) is 0 Å². The minimum atomic E-state index is -1.44. The van der Waals surface area contributed by atoms with Gasteiger partial charge in [0.15, 0.2) is 5.78 Å². The van der Waals surface area contributed by atoms with Gasteiger partial charge in [-0.15, -0.1) is 0 Å². The number of Topliss-reactive ketones (excluding diaryl/α,β-unsaturated/α-hetero) is 1. The summed E-state index contributed by atoms with van der Waals surface area (Å²) in [4.78, 5) is 45.1. The van der Waals surface area contributed by atoms with Crippen LogP contribution in [0.25, 0.3) is 6.08 Å². The van der Waals surface area contributed by atoms with Crippen molar-refractivity contribution in [3.63, 3.8) is 0 Å². The highest BCUT2D eigenvalue weighted by Crippen LogP contribution is 2.57. The fourth-order valence-corrected chi connectivity index (χ4v) is 6.79. The fourth-order valence-electron chi connectivity index (χ4n) is 6.66. The number of carbonyl (C=O) groups excluding carboxylic acids is 3. The predicted molar refractivity (Wildman–Crippen MR) is 157 cm³/mol. The number of halogens is 2. The number of para-hydroxylation sites is 2. The van der Waals surface area contributed by atoms with E-state index in [-0.39, 0.29) is 11.5 Å². The Bertz CT molecular complexity index is 1750. The molecular weight excluding hydrogens is 541 g/mol. The van der Waals surface area contributed by atoms with Crippen LogP contribution in [0.15, 0.2) is 103 Å². The Morgan fingerprint density at radius 3 is 2.39 bits per heavy atom. The second-order valence-corrected chi connectivity index (χ2v) is 10.9. The number of nitrogens with zero attached hydrogens (tertiary/aromatic N) is 1. The largest absolute Gasteiger partial charge is 0.350 e. The summed E-state index contributed by atoms with van der Waals surface area (Å²) >= 11 is 6.07. The summed E-state index contributed by atoms with van der Waals surface area (Å²) in [6.45, 7) is 0. The van der Waals surface area contributed by atoms with Crippen molar-refractivity contribution in [2.24, 2.45) is 5.92 Å². The molecule has 8 heteroatoms. The van der Waals surface area contributed by atoms with Crippen LogP contribution in [-0.4, -0.2) is 29.7 Å². The molecule has 1 saturated heterocycles. The van der Waals surface area contributed by atoms with E-state index in [1.807, 2.05) is 59.5 Å². The van der Waals surface area contributed by atoms with Gasteiger partial charge in [-0.2, -0.15) is 0 Å². The molecule has 0 radical (unpaired) electrons.